The largest absolute Gasteiger partial charge is 0.488 e. The summed E-state index contributed by atoms with van der Waals surface area (Å²) in [6.07, 6.45) is -1.82. The van der Waals surface area contributed by atoms with Gasteiger partial charge in [-0.15, -0.1) is 0 Å². The molecule has 0 aliphatic carbocycles. The number of aromatic nitrogens is 2. The number of carbonyl (C=O) groups excluding carboxylic acids is 1. The van der Waals surface area contributed by atoms with Crippen LogP contribution in [0.1, 0.15) is 22.3 Å². The summed E-state index contributed by atoms with van der Waals surface area (Å²) in [5.74, 6) is 0.170. The van der Waals surface area contributed by atoms with Crippen molar-refractivity contribution in [1.82, 2.24) is 15.1 Å². The first-order valence-corrected chi connectivity index (χ1v) is 9.79. The first-order valence-electron chi connectivity index (χ1n) is 9.79. The SMILES string of the molecule is Cn1nccc1-c1cc(NC(=O)c2ccc(C(F)(F)F)cc2)ccc1OC1CCNC1. The van der Waals surface area contributed by atoms with Crippen LogP contribution in [0.5, 0.6) is 5.75 Å². The number of hydrogen-bond donors (Lipinski definition) is 2. The van der Waals surface area contributed by atoms with Crippen molar-refractivity contribution in [2.45, 2.75) is 18.7 Å². The maximum atomic E-state index is 12.7. The molecule has 4 rings (SSSR count). The minimum absolute atomic E-state index is 0.0552. The van der Waals surface area contributed by atoms with Gasteiger partial charge < -0.3 is 15.4 Å². The van der Waals surface area contributed by atoms with Gasteiger partial charge in [0.15, 0.2) is 0 Å². The van der Waals surface area contributed by atoms with Crippen LogP contribution in [-0.4, -0.2) is 34.9 Å². The zero-order valence-corrected chi connectivity index (χ0v) is 16.7. The predicted octanol–water partition coefficient (Wildman–Crippen LogP) is 4.10. The van der Waals surface area contributed by atoms with Gasteiger partial charge in [-0.05, 0) is 61.5 Å². The van der Waals surface area contributed by atoms with Crippen LogP contribution in [0.4, 0.5) is 18.9 Å². The summed E-state index contributed by atoms with van der Waals surface area (Å²) in [5.41, 5.74) is 1.40. The van der Waals surface area contributed by atoms with Gasteiger partial charge in [-0.25, -0.2) is 0 Å². The van der Waals surface area contributed by atoms with Crippen LogP contribution in [-0.2, 0) is 13.2 Å². The minimum atomic E-state index is -4.45. The normalized spacial score (nSPS) is 16.3. The second kappa shape index (κ2) is 8.43. The van der Waals surface area contributed by atoms with E-state index in [1.165, 1.54) is 0 Å². The average molecular weight is 430 g/mol. The Balaban J connectivity index is 1.58. The fourth-order valence-electron chi connectivity index (χ4n) is 3.47. The third-order valence-corrected chi connectivity index (χ3v) is 5.12. The van der Waals surface area contributed by atoms with Gasteiger partial charge in [-0.1, -0.05) is 0 Å². The van der Waals surface area contributed by atoms with Crippen LogP contribution in [0.25, 0.3) is 11.3 Å². The molecule has 2 aromatic carbocycles. The monoisotopic (exact) mass is 430 g/mol. The van der Waals surface area contributed by atoms with Gasteiger partial charge in [0, 0.05) is 36.6 Å². The van der Waals surface area contributed by atoms with E-state index in [0.29, 0.717) is 11.4 Å². The van der Waals surface area contributed by atoms with Crippen molar-refractivity contribution in [3.63, 3.8) is 0 Å². The average Bonchev–Trinajstić information content (AvgIpc) is 3.40. The summed E-state index contributed by atoms with van der Waals surface area (Å²) < 4.78 is 46.1. The highest BCUT2D eigenvalue weighted by atomic mass is 19.4. The molecule has 0 bridgehead atoms. The molecule has 0 radical (unpaired) electrons. The first-order chi connectivity index (χ1) is 14.8. The quantitative estimate of drug-likeness (QED) is 0.640. The fourth-order valence-corrected chi connectivity index (χ4v) is 3.47. The molecule has 2 N–H and O–H groups in total. The van der Waals surface area contributed by atoms with Crippen molar-refractivity contribution in [3.05, 3.63) is 65.9 Å². The molecule has 1 aromatic heterocycles. The van der Waals surface area contributed by atoms with E-state index >= 15 is 0 Å². The first kappa shape index (κ1) is 20.9. The molecule has 6 nitrogen and oxygen atoms in total. The summed E-state index contributed by atoms with van der Waals surface area (Å²) in [5, 5.41) is 10.2. The number of alkyl halides is 3. The third-order valence-electron chi connectivity index (χ3n) is 5.12. The number of aryl methyl sites for hydroxylation is 1. The Morgan fingerprint density at radius 2 is 1.97 bits per heavy atom. The summed E-state index contributed by atoms with van der Waals surface area (Å²) in [4.78, 5) is 12.6. The summed E-state index contributed by atoms with van der Waals surface area (Å²) >= 11 is 0. The second-order valence-corrected chi connectivity index (χ2v) is 7.31. The number of carbonyl (C=O) groups is 1. The maximum Gasteiger partial charge on any atom is 0.416 e. The highest BCUT2D eigenvalue weighted by Gasteiger charge is 2.30. The van der Waals surface area contributed by atoms with E-state index in [0.717, 1.165) is 55.0 Å². The van der Waals surface area contributed by atoms with Crippen molar-refractivity contribution >= 4 is 11.6 Å². The lowest BCUT2D eigenvalue weighted by molar-refractivity contribution is -0.137. The third kappa shape index (κ3) is 4.72. The summed E-state index contributed by atoms with van der Waals surface area (Å²) in [6, 6.07) is 11.2. The predicted molar refractivity (Wildman–Crippen MR) is 110 cm³/mol. The van der Waals surface area contributed by atoms with E-state index in [4.69, 9.17) is 4.74 Å². The Kier molecular flexibility index (Phi) is 5.69. The molecule has 1 amide bonds. The smallest absolute Gasteiger partial charge is 0.416 e. The Morgan fingerprint density at radius 3 is 2.58 bits per heavy atom. The second-order valence-electron chi connectivity index (χ2n) is 7.31. The lowest BCUT2D eigenvalue weighted by Crippen LogP contribution is -2.20. The molecule has 1 unspecified atom stereocenters. The van der Waals surface area contributed by atoms with Crippen molar-refractivity contribution < 1.29 is 22.7 Å². The van der Waals surface area contributed by atoms with Crippen molar-refractivity contribution in [2.75, 3.05) is 18.4 Å². The molecule has 3 aromatic rings. The zero-order valence-electron chi connectivity index (χ0n) is 16.7. The lowest BCUT2D eigenvalue weighted by atomic mass is 10.1. The molecule has 0 spiro atoms. The number of hydrogen-bond acceptors (Lipinski definition) is 4. The van der Waals surface area contributed by atoms with Crippen molar-refractivity contribution in [2.24, 2.45) is 7.05 Å². The highest BCUT2D eigenvalue weighted by molar-refractivity contribution is 6.04. The Bertz CT molecular complexity index is 1070. The minimum Gasteiger partial charge on any atom is -0.488 e. The molecule has 1 aliphatic heterocycles. The molecule has 162 valence electrons. The molecule has 1 fully saturated rings. The number of benzene rings is 2. The maximum absolute atomic E-state index is 12.7. The van der Waals surface area contributed by atoms with E-state index in [1.807, 2.05) is 13.1 Å². The van der Waals surface area contributed by atoms with Crippen molar-refractivity contribution in [3.8, 4) is 17.0 Å². The lowest BCUT2D eigenvalue weighted by Gasteiger charge is -2.17. The molecule has 9 heteroatoms. The van der Waals surface area contributed by atoms with E-state index in [-0.39, 0.29) is 11.7 Å². The Morgan fingerprint density at radius 1 is 1.19 bits per heavy atom. The van der Waals surface area contributed by atoms with Gasteiger partial charge in [0.2, 0.25) is 0 Å². The fraction of sp³-hybridized carbons (Fsp3) is 0.273. The molecule has 2 heterocycles. The molecule has 1 aliphatic rings. The van der Waals surface area contributed by atoms with Crippen LogP contribution in [0, 0.1) is 0 Å². The van der Waals surface area contributed by atoms with Gasteiger partial charge in [0.05, 0.1) is 11.3 Å². The van der Waals surface area contributed by atoms with Crippen molar-refractivity contribution in [1.29, 1.82) is 0 Å². The summed E-state index contributed by atoms with van der Waals surface area (Å²) in [7, 11) is 1.81. The van der Waals surface area contributed by atoms with E-state index in [1.54, 1.807) is 29.1 Å². The van der Waals surface area contributed by atoms with Gasteiger partial charge in [-0.2, -0.15) is 18.3 Å². The number of amides is 1. The number of rotatable bonds is 5. The highest BCUT2D eigenvalue weighted by Crippen LogP contribution is 2.34. The van der Waals surface area contributed by atoms with Crippen LogP contribution in [0.15, 0.2) is 54.7 Å². The molecule has 1 atom stereocenters. The number of anilines is 1. The van der Waals surface area contributed by atoms with Crippen LogP contribution < -0.4 is 15.4 Å². The Labute approximate surface area is 177 Å². The zero-order chi connectivity index (χ0) is 22.0. The van der Waals surface area contributed by atoms with Gasteiger partial charge in [0.25, 0.3) is 5.91 Å². The molecule has 1 saturated heterocycles. The van der Waals surface area contributed by atoms with Gasteiger partial charge in [-0.3, -0.25) is 9.48 Å². The van der Waals surface area contributed by atoms with E-state index in [2.05, 4.69) is 15.7 Å². The molecular weight excluding hydrogens is 409 g/mol. The Hall–Kier alpha value is -3.33. The summed E-state index contributed by atoms with van der Waals surface area (Å²) in [6.45, 7) is 1.66. The van der Waals surface area contributed by atoms with E-state index < -0.39 is 17.6 Å². The molecular formula is C22H21F3N4O2. The van der Waals surface area contributed by atoms with Gasteiger partial charge >= 0.3 is 6.18 Å². The number of nitrogens with one attached hydrogen (secondary N) is 2. The number of nitrogens with zero attached hydrogens (tertiary/aromatic N) is 2. The number of ether oxygens (including phenoxy) is 1. The van der Waals surface area contributed by atoms with E-state index in [9.17, 15) is 18.0 Å². The van der Waals surface area contributed by atoms with Gasteiger partial charge in [0.1, 0.15) is 11.9 Å². The van der Waals surface area contributed by atoms with Crippen LogP contribution in [0.2, 0.25) is 0 Å². The molecule has 0 saturated carbocycles. The molecule has 31 heavy (non-hydrogen) atoms. The van der Waals surface area contributed by atoms with Crippen LogP contribution >= 0.6 is 0 Å². The topological polar surface area (TPSA) is 68.2 Å². The number of halogens is 3. The van der Waals surface area contributed by atoms with Crippen LogP contribution in [0.3, 0.4) is 0 Å². The standard InChI is InChI=1S/C22H21F3N4O2/c1-29-19(9-11-27-29)18-12-16(6-7-20(18)31-17-8-10-26-13-17)28-21(30)14-2-4-15(5-3-14)22(23,24)25/h2-7,9,11-12,17,26H,8,10,13H2,1H3,(H,28,30).